The topological polar surface area (TPSA) is 94.3 Å². The average Bonchev–Trinajstić information content (AvgIpc) is 3.25. The zero-order valence-electron chi connectivity index (χ0n) is 18.1. The van der Waals surface area contributed by atoms with E-state index in [1.54, 1.807) is 0 Å². The normalized spacial score (nSPS) is 13.4. The number of nitrogens with one attached hydrogen (secondary N) is 1. The molecule has 0 saturated heterocycles. The molecule has 33 heavy (non-hydrogen) atoms. The minimum atomic E-state index is -0.414. The summed E-state index contributed by atoms with van der Waals surface area (Å²) in [6, 6.07) is 13.7. The number of thiophene rings is 2. The number of pyridine rings is 1. The number of nitrogens with two attached hydrogens (primary N) is 1. The van der Waals surface area contributed by atoms with Crippen molar-refractivity contribution in [1.82, 2.24) is 4.98 Å². The van der Waals surface area contributed by atoms with E-state index in [0.717, 1.165) is 59.2 Å². The highest BCUT2D eigenvalue weighted by Crippen LogP contribution is 2.40. The summed E-state index contributed by atoms with van der Waals surface area (Å²) in [6.07, 6.45) is 4.99. The molecule has 0 unspecified atom stereocenters. The third-order valence-electron chi connectivity index (χ3n) is 5.91. The molecule has 168 valence electrons. The van der Waals surface area contributed by atoms with E-state index in [0.29, 0.717) is 26.0 Å². The molecule has 0 radical (unpaired) electrons. The number of carbonyl (C=O) groups is 2. The molecule has 8 heteroatoms. The lowest BCUT2D eigenvalue weighted by Gasteiger charge is -2.07. The highest BCUT2D eigenvalue weighted by atomic mass is 32.1. The number of nitrogen functional groups attached to an aromatic ring is 1. The number of nitrogens with zero attached hydrogens (tertiary/aromatic N) is 1. The Balaban J connectivity index is 1.50. The number of anilines is 2. The van der Waals surface area contributed by atoms with Crippen molar-refractivity contribution < 1.29 is 14.3 Å². The molecule has 0 bridgehead atoms. The van der Waals surface area contributed by atoms with Crippen molar-refractivity contribution in [2.45, 2.75) is 32.1 Å². The van der Waals surface area contributed by atoms with Crippen LogP contribution in [-0.2, 0) is 17.6 Å². The van der Waals surface area contributed by atoms with Gasteiger partial charge >= 0.3 is 5.97 Å². The molecule has 1 aromatic carbocycles. The molecule has 3 aromatic heterocycles. The fourth-order valence-corrected chi connectivity index (χ4v) is 6.51. The summed E-state index contributed by atoms with van der Waals surface area (Å²) in [6.45, 7) is 0. The zero-order valence-corrected chi connectivity index (χ0v) is 19.8. The number of benzene rings is 1. The first-order valence-corrected chi connectivity index (χ1v) is 12.5. The average molecular weight is 478 g/mol. The number of aromatic nitrogens is 1. The van der Waals surface area contributed by atoms with Crippen molar-refractivity contribution >= 4 is 55.5 Å². The molecule has 3 N–H and O–H groups in total. The summed E-state index contributed by atoms with van der Waals surface area (Å²) in [5.41, 5.74) is 10.1. The Morgan fingerprint density at radius 3 is 2.61 bits per heavy atom. The number of hydrogen-bond donors (Lipinski definition) is 2. The smallest absolute Gasteiger partial charge is 0.341 e. The second kappa shape index (κ2) is 8.96. The van der Waals surface area contributed by atoms with Crippen LogP contribution in [0.15, 0.2) is 42.5 Å². The van der Waals surface area contributed by atoms with Gasteiger partial charge in [0, 0.05) is 15.8 Å². The van der Waals surface area contributed by atoms with Crippen LogP contribution < -0.4 is 11.1 Å². The second-order valence-electron chi connectivity index (χ2n) is 7.97. The van der Waals surface area contributed by atoms with Gasteiger partial charge in [-0.15, -0.1) is 22.7 Å². The molecule has 0 fully saturated rings. The SMILES string of the molecule is COC(=O)c1c(NC(=O)c2sc3nc(-c4ccccc4)ccc3c2N)sc2c1CCCCC2. The number of methoxy groups -OCH3 is 1. The molecule has 1 aliphatic carbocycles. The van der Waals surface area contributed by atoms with Gasteiger partial charge in [0.2, 0.25) is 0 Å². The lowest BCUT2D eigenvalue weighted by Crippen LogP contribution is -2.14. The van der Waals surface area contributed by atoms with E-state index >= 15 is 0 Å². The summed E-state index contributed by atoms with van der Waals surface area (Å²) in [4.78, 5) is 32.8. The van der Waals surface area contributed by atoms with E-state index in [-0.39, 0.29) is 5.91 Å². The van der Waals surface area contributed by atoms with Crippen LogP contribution in [0.5, 0.6) is 0 Å². The van der Waals surface area contributed by atoms with Crippen LogP contribution in [0.4, 0.5) is 10.7 Å². The number of amides is 1. The molecule has 3 heterocycles. The van der Waals surface area contributed by atoms with Gasteiger partial charge in [-0.05, 0) is 43.4 Å². The van der Waals surface area contributed by atoms with Crippen molar-refractivity contribution in [3.63, 3.8) is 0 Å². The third kappa shape index (κ3) is 4.00. The van der Waals surface area contributed by atoms with E-state index in [4.69, 9.17) is 15.5 Å². The quantitative estimate of drug-likeness (QED) is 0.281. The predicted molar refractivity (Wildman–Crippen MR) is 134 cm³/mol. The Bertz CT molecular complexity index is 1360. The van der Waals surface area contributed by atoms with Gasteiger partial charge in [0.1, 0.15) is 14.7 Å². The minimum Gasteiger partial charge on any atom is -0.465 e. The standard InChI is InChI=1S/C25H23N3O3S2/c1-31-25(30)19-15-10-6-3-7-11-18(15)32-24(19)28-22(29)21-20(26)16-12-13-17(27-23(16)33-21)14-8-4-2-5-9-14/h2,4-5,8-9,12-13H,3,6-7,10-11,26H2,1H3,(H,28,29). The lowest BCUT2D eigenvalue weighted by molar-refractivity contribution is 0.0601. The first-order chi connectivity index (χ1) is 16.1. The van der Waals surface area contributed by atoms with Crippen LogP contribution in [0.25, 0.3) is 21.5 Å². The molecule has 1 aliphatic rings. The van der Waals surface area contributed by atoms with Crippen molar-refractivity contribution in [3.8, 4) is 11.3 Å². The highest BCUT2D eigenvalue weighted by molar-refractivity contribution is 7.21. The van der Waals surface area contributed by atoms with E-state index < -0.39 is 5.97 Å². The Labute approximate surface area is 199 Å². The Kier molecular flexibility index (Phi) is 5.86. The van der Waals surface area contributed by atoms with Crippen LogP contribution in [0.1, 0.15) is 49.7 Å². The highest BCUT2D eigenvalue weighted by Gasteiger charge is 2.27. The summed E-state index contributed by atoms with van der Waals surface area (Å²) < 4.78 is 5.04. The molecule has 0 saturated carbocycles. The predicted octanol–water partition coefficient (Wildman–Crippen LogP) is 5.91. The van der Waals surface area contributed by atoms with Crippen LogP contribution >= 0.6 is 22.7 Å². The van der Waals surface area contributed by atoms with E-state index in [1.165, 1.54) is 29.8 Å². The maximum atomic E-state index is 13.2. The van der Waals surface area contributed by atoms with Crippen LogP contribution in [0, 0.1) is 0 Å². The molecule has 6 nitrogen and oxygen atoms in total. The lowest BCUT2D eigenvalue weighted by atomic mass is 10.1. The maximum absolute atomic E-state index is 13.2. The molecule has 5 rings (SSSR count). The number of carbonyl (C=O) groups excluding carboxylic acids is 2. The first kappa shape index (κ1) is 21.6. The molecule has 1 amide bonds. The fourth-order valence-electron chi connectivity index (χ4n) is 4.24. The summed E-state index contributed by atoms with van der Waals surface area (Å²) in [7, 11) is 1.37. The number of esters is 1. The maximum Gasteiger partial charge on any atom is 0.341 e. The fraction of sp³-hybridized carbons (Fsp3) is 0.240. The molecule has 0 aliphatic heterocycles. The number of aryl methyl sites for hydroxylation is 1. The third-order valence-corrected chi connectivity index (χ3v) is 8.23. The van der Waals surface area contributed by atoms with Crippen molar-refractivity contribution in [2.24, 2.45) is 0 Å². The van der Waals surface area contributed by atoms with Gasteiger partial charge in [-0.1, -0.05) is 36.8 Å². The largest absolute Gasteiger partial charge is 0.465 e. The van der Waals surface area contributed by atoms with Gasteiger partial charge in [0.25, 0.3) is 5.91 Å². The molecule has 0 atom stereocenters. The van der Waals surface area contributed by atoms with Crippen molar-refractivity contribution in [1.29, 1.82) is 0 Å². The molecule has 0 spiro atoms. The number of ether oxygens (including phenoxy) is 1. The second-order valence-corrected chi connectivity index (χ2v) is 10.1. The summed E-state index contributed by atoms with van der Waals surface area (Å²) in [5, 5.41) is 4.23. The zero-order chi connectivity index (χ0) is 22.9. The van der Waals surface area contributed by atoms with E-state index in [9.17, 15) is 9.59 Å². The van der Waals surface area contributed by atoms with Crippen LogP contribution in [-0.4, -0.2) is 24.0 Å². The number of hydrogen-bond acceptors (Lipinski definition) is 7. The van der Waals surface area contributed by atoms with Gasteiger partial charge in [-0.25, -0.2) is 9.78 Å². The van der Waals surface area contributed by atoms with Crippen LogP contribution in [0.2, 0.25) is 0 Å². The monoisotopic (exact) mass is 477 g/mol. The first-order valence-electron chi connectivity index (χ1n) is 10.9. The van der Waals surface area contributed by atoms with Gasteiger partial charge < -0.3 is 15.8 Å². The molecular formula is C25H23N3O3S2. The van der Waals surface area contributed by atoms with Crippen molar-refractivity contribution in [2.75, 3.05) is 18.2 Å². The minimum absolute atomic E-state index is 0.335. The van der Waals surface area contributed by atoms with Gasteiger partial charge in [0.05, 0.1) is 24.1 Å². The Hall–Kier alpha value is -3.23. The number of rotatable bonds is 4. The van der Waals surface area contributed by atoms with Crippen LogP contribution in [0.3, 0.4) is 0 Å². The number of fused-ring (bicyclic) bond motifs is 2. The van der Waals surface area contributed by atoms with Gasteiger partial charge in [-0.2, -0.15) is 0 Å². The Morgan fingerprint density at radius 1 is 1.03 bits per heavy atom. The van der Waals surface area contributed by atoms with Crippen molar-refractivity contribution in [3.05, 3.63) is 63.3 Å². The van der Waals surface area contributed by atoms with E-state index in [2.05, 4.69) is 5.32 Å². The summed E-state index contributed by atoms with van der Waals surface area (Å²) in [5.74, 6) is -0.749. The molecule has 4 aromatic rings. The van der Waals surface area contributed by atoms with E-state index in [1.807, 2.05) is 42.5 Å². The van der Waals surface area contributed by atoms with Gasteiger partial charge in [-0.3, -0.25) is 4.79 Å². The Morgan fingerprint density at radius 2 is 1.82 bits per heavy atom. The summed E-state index contributed by atoms with van der Waals surface area (Å²) >= 11 is 2.73. The van der Waals surface area contributed by atoms with Gasteiger partial charge in [0.15, 0.2) is 0 Å². The molecular weight excluding hydrogens is 454 g/mol.